The van der Waals surface area contributed by atoms with Crippen LogP contribution < -0.4 is 0 Å². The first-order valence-corrected chi connectivity index (χ1v) is 6.73. The van der Waals surface area contributed by atoms with Crippen LogP contribution in [0.25, 0.3) is 0 Å². The Labute approximate surface area is 99.1 Å². The van der Waals surface area contributed by atoms with Crippen LogP contribution in [-0.4, -0.2) is 30.2 Å². The van der Waals surface area contributed by atoms with E-state index < -0.39 is 0 Å². The lowest BCUT2D eigenvalue weighted by Gasteiger charge is -2.25. The van der Waals surface area contributed by atoms with Crippen LogP contribution in [-0.2, 0) is 4.74 Å². The van der Waals surface area contributed by atoms with E-state index in [-0.39, 0.29) is 6.09 Å². The highest BCUT2D eigenvalue weighted by atomic mass is 16.6. The number of carbonyl (C=O) groups is 1. The van der Waals surface area contributed by atoms with Gasteiger partial charge in [-0.15, -0.1) is 0 Å². The van der Waals surface area contributed by atoms with Crippen LogP contribution in [0.4, 0.5) is 4.79 Å². The molecule has 1 saturated heterocycles. The van der Waals surface area contributed by atoms with Gasteiger partial charge < -0.3 is 9.64 Å². The van der Waals surface area contributed by atoms with Crippen molar-refractivity contribution in [2.24, 2.45) is 0 Å². The first kappa shape index (κ1) is 13.3. The van der Waals surface area contributed by atoms with Gasteiger partial charge in [0, 0.05) is 6.04 Å². The molecule has 3 heteroatoms. The Morgan fingerprint density at radius 3 is 2.56 bits per heavy atom. The van der Waals surface area contributed by atoms with Gasteiger partial charge in [-0.25, -0.2) is 4.79 Å². The van der Waals surface area contributed by atoms with Crippen molar-refractivity contribution in [2.45, 2.75) is 64.8 Å². The molecule has 1 heterocycles. The number of cyclic esters (lactones) is 1. The molecule has 1 unspecified atom stereocenters. The van der Waals surface area contributed by atoms with Gasteiger partial charge in [-0.1, -0.05) is 46.0 Å². The Balaban J connectivity index is 2.31. The second-order valence-corrected chi connectivity index (χ2v) is 4.60. The Morgan fingerprint density at radius 1 is 1.19 bits per heavy atom. The molecule has 0 aromatic heterocycles. The van der Waals surface area contributed by atoms with Crippen molar-refractivity contribution in [3.8, 4) is 0 Å². The molecular weight excluding hydrogens is 202 g/mol. The van der Waals surface area contributed by atoms with Crippen LogP contribution >= 0.6 is 0 Å². The highest BCUT2D eigenvalue weighted by Gasteiger charge is 2.28. The molecular formula is C13H25NO2. The maximum Gasteiger partial charge on any atom is 0.410 e. The smallest absolute Gasteiger partial charge is 0.410 e. The summed E-state index contributed by atoms with van der Waals surface area (Å²) in [4.78, 5) is 13.4. The maximum atomic E-state index is 11.5. The molecule has 1 rings (SSSR count). The van der Waals surface area contributed by atoms with Crippen LogP contribution in [0, 0.1) is 0 Å². The van der Waals surface area contributed by atoms with Crippen molar-refractivity contribution in [3.05, 3.63) is 0 Å². The van der Waals surface area contributed by atoms with Crippen LogP contribution in [0.3, 0.4) is 0 Å². The van der Waals surface area contributed by atoms with Crippen molar-refractivity contribution in [1.29, 1.82) is 0 Å². The zero-order chi connectivity index (χ0) is 11.8. The van der Waals surface area contributed by atoms with Crippen LogP contribution in [0.5, 0.6) is 0 Å². The van der Waals surface area contributed by atoms with Crippen molar-refractivity contribution in [3.63, 3.8) is 0 Å². The van der Waals surface area contributed by atoms with E-state index in [1.165, 1.54) is 25.7 Å². The van der Waals surface area contributed by atoms with E-state index in [0.717, 1.165) is 25.8 Å². The lowest BCUT2D eigenvalue weighted by Crippen LogP contribution is -2.35. The van der Waals surface area contributed by atoms with Crippen molar-refractivity contribution >= 4 is 6.09 Å². The van der Waals surface area contributed by atoms with Crippen molar-refractivity contribution in [1.82, 2.24) is 4.90 Å². The monoisotopic (exact) mass is 227 g/mol. The summed E-state index contributed by atoms with van der Waals surface area (Å²) in [6, 6.07) is 0.414. The van der Waals surface area contributed by atoms with Gasteiger partial charge in [0.25, 0.3) is 0 Å². The third kappa shape index (κ3) is 4.03. The third-order valence-corrected chi connectivity index (χ3v) is 3.25. The standard InChI is InChI=1S/C13H25NO2/c1-3-5-6-7-9-12(8-4-2)14-10-11-16-13(14)15/h12H,3-11H2,1-2H3. The van der Waals surface area contributed by atoms with Crippen molar-refractivity contribution in [2.75, 3.05) is 13.2 Å². The molecule has 16 heavy (non-hydrogen) atoms. The fourth-order valence-corrected chi connectivity index (χ4v) is 2.33. The van der Waals surface area contributed by atoms with Crippen LogP contribution in [0.2, 0.25) is 0 Å². The first-order valence-electron chi connectivity index (χ1n) is 6.73. The molecule has 0 radical (unpaired) electrons. The fraction of sp³-hybridized carbons (Fsp3) is 0.923. The Bertz CT molecular complexity index is 206. The molecule has 1 amide bonds. The van der Waals surface area contributed by atoms with Crippen LogP contribution in [0.1, 0.15) is 58.8 Å². The molecule has 0 aromatic carbocycles. The molecule has 0 N–H and O–H groups in total. The van der Waals surface area contributed by atoms with E-state index in [1.54, 1.807) is 0 Å². The number of nitrogens with zero attached hydrogens (tertiary/aromatic N) is 1. The summed E-state index contributed by atoms with van der Waals surface area (Å²) < 4.78 is 5.01. The minimum atomic E-state index is -0.103. The second kappa shape index (κ2) is 7.53. The van der Waals surface area contributed by atoms with Gasteiger partial charge in [0.2, 0.25) is 0 Å². The predicted molar refractivity (Wildman–Crippen MR) is 65.5 cm³/mol. The number of ether oxygens (including phenoxy) is 1. The normalized spacial score (nSPS) is 17.6. The molecule has 0 spiro atoms. The molecule has 0 bridgehead atoms. The largest absolute Gasteiger partial charge is 0.448 e. The summed E-state index contributed by atoms with van der Waals surface area (Å²) in [6.45, 7) is 5.77. The van der Waals surface area contributed by atoms with E-state index in [1.807, 2.05) is 4.90 Å². The second-order valence-electron chi connectivity index (χ2n) is 4.60. The summed E-state index contributed by atoms with van der Waals surface area (Å²) in [5.74, 6) is 0. The maximum absolute atomic E-state index is 11.5. The molecule has 1 fully saturated rings. The summed E-state index contributed by atoms with van der Waals surface area (Å²) in [7, 11) is 0. The highest BCUT2D eigenvalue weighted by molar-refractivity contribution is 5.69. The molecule has 1 aliphatic heterocycles. The number of amides is 1. The van der Waals surface area contributed by atoms with Gasteiger partial charge in [0.15, 0.2) is 0 Å². The van der Waals surface area contributed by atoms with Gasteiger partial charge in [0.05, 0.1) is 6.54 Å². The van der Waals surface area contributed by atoms with Gasteiger partial charge in [-0.2, -0.15) is 0 Å². The lowest BCUT2D eigenvalue weighted by atomic mass is 10.0. The predicted octanol–water partition coefficient (Wildman–Crippen LogP) is 3.58. The average Bonchev–Trinajstić information content (AvgIpc) is 2.69. The number of rotatable bonds is 8. The summed E-state index contributed by atoms with van der Waals surface area (Å²) in [5, 5.41) is 0. The Hall–Kier alpha value is -0.730. The first-order chi connectivity index (χ1) is 7.79. The molecule has 0 aliphatic carbocycles. The van der Waals surface area contributed by atoms with E-state index in [4.69, 9.17) is 4.74 Å². The summed E-state index contributed by atoms with van der Waals surface area (Å²) in [5.41, 5.74) is 0. The fourth-order valence-electron chi connectivity index (χ4n) is 2.33. The Morgan fingerprint density at radius 2 is 2.00 bits per heavy atom. The highest BCUT2D eigenvalue weighted by Crippen LogP contribution is 2.19. The average molecular weight is 227 g/mol. The molecule has 0 saturated carbocycles. The SMILES string of the molecule is CCCCCCC(CCC)N1CCOC1=O. The zero-order valence-corrected chi connectivity index (χ0v) is 10.7. The minimum Gasteiger partial charge on any atom is -0.448 e. The van der Waals surface area contributed by atoms with E-state index in [9.17, 15) is 4.79 Å². The number of hydrogen-bond donors (Lipinski definition) is 0. The third-order valence-electron chi connectivity index (χ3n) is 3.25. The molecule has 1 aliphatic rings. The van der Waals surface area contributed by atoms with E-state index in [0.29, 0.717) is 12.6 Å². The van der Waals surface area contributed by atoms with E-state index >= 15 is 0 Å². The van der Waals surface area contributed by atoms with Crippen LogP contribution in [0.15, 0.2) is 0 Å². The number of carbonyl (C=O) groups excluding carboxylic acids is 1. The lowest BCUT2D eigenvalue weighted by molar-refractivity contribution is 0.143. The summed E-state index contributed by atoms with van der Waals surface area (Å²) in [6.07, 6.45) is 8.40. The van der Waals surface area contributed by atoms with E-state index in [2.05, 4.69) is 13.8 Å². The summed E-state index contributed by atoms with van der Waals surface area (Å²) >= 11 is 0. The molecule has 94 valence electrons. The van der Waals surface area contributed by atoms with Gasteiger partial charge in [-0.05, 0) is 12.8 Å². The minimum absolute atomic E-state index is 0.103. The van der Waals surface area contributed by atoms with Crippen molar-refractivity contribution < 1.29 is 9.53 Å². The number of unbranched alkanes of at least 4 members (excludes halogenated alkanes) is 3. The zero-order valence-electron chi connectivity index (χ0n) is 10.7. The molecule has 1 atom stereocenters. The number of hydrogen-bond acceptors (Lipinski definition) is 2. The quantitative estimate of drug-likeness (QED) is 0.593. The Kier molecular flexibility index (Phi) is 6.27. The molecule has 0 aromatic rings. The molecule has 3 nitrogen and oxygen atoms in total. The van der Waals surface area contributed by atoms with Gasteiger partial charge in [-0.3, -0.25) is 0 Å². The topological polar surface area (TPSA) is 29.5 Å². The van der Waals surface area contributed by atoms with Gasteiger partial charge in [0.1, 0.15) is 6.61 Å². The van der Waals surface area contributed by atoms with Gasteiger partial charge >= 0.3 is 6.09 Å².